The third-order valence-electron chi connectivity index (χ3n) is 6.07. The number of aromatic nitrogens is 1. The summed E-state index contributed by atoms with van der Waals surface area (Å²) in [4.78, 5) is 14.4. The first kappa shape index (κ1) is 22.0. The molecule has 2 aromatic carbocycles. The van der Waals surface area contributed by atoms with Crippen LogP contribution in [0.25, 0.3) is 10.9 Å². The van der Waals surface area contributed by atoms with Crippen LogP contribution in [0.3, 0.4) is 0 Å². The van der Waals surface area contributed by atoms with Crippen molar-refractivity contribution in [2.75, 3.05) is 26.2 Å². The zero-order chi connectivity index (χ0) is 21.8. The number of carbonyl (C=O) groups is 1. The van der Waals surface area contributed by atoms with Crippen LogP contribution < -0.4 is 0 Å². The molecule has 1 saturated heterocycles. The van der Waals surface area contributed by atoms with Crippen LogP contribution in [0.15, 0.2) is 53.1 Å². The Morgan fingerprint density at radius 2 is 1.81 bits per heavy atom. The molecule has 4 rings (SSSR count). The molecular weight excluding hydrogens is 459 g/mol. The number of carbonyl (C=O) groups excluding carboxylic acids is 1. The zero-order valence-electron chi connectivity index (χ0n) is 17.8. The maximum Gasteiger partial charge on any atom is 0.310 e. The zero-order valence-corrected chi connectivity index (χ0v) is 19.4. The molecule has 1 aromatic heterocycles. The third-order valence-corrected chi connectivity index (χ3v) is 6.68. The van der Waals surface area contributed by atoms with Crippen LogP contribution >= 0.6 is 15.9 Å². The number of piperidine rings is 1. The lowest BCUT2D eigenvalue weighted by Gasteiger charge is -2.33. The number of likely N-dealkylation sites (tertiary alicyclic amines) is 1. The lowest BCUT2D eigenvalue weighted by atomic mass is 10.0. The van der Waals surface area contributed by atoms with Crippen molar-refractivity contribution in [2.45, 2.75) is 38.6 Å². The molecule has 6 heteroatoms. The van der Waals surface area contributed by atoms with Gasteiger partial charge in [0.2, 0.25) is 0 Å². The SMILES string of the molecule is CCOC(=O)Cc1ccc2cc(Br)n(C3CCN(CCc4ccc(F)cc4)CC3)c2c1. The molecule has 0 radical (unpaired) electrons. The molecule has 31 heavy (non-hydrogen) atoms. The highest BCUT2D eigenvalue weighted by atomic mass is 79.9. The molecule has 0 aliphatic carbocycles. The van der Waals surface area contributed by atoms with Gasteiger partial charge in [-0.05, 0) is 77.5 Å². The fourth-order valence-electron chi connectivity index (χ4n) is 4.43. The molecule has 0 spiro atoms. The van der Waals surface area contributed by atoms with E-state index in [9.17, 15) is 9.18 Å². The number of fused-ring (bicyclic) bond motifs is 1. The van der Waals surface area contributed by atoms with Gasteiger partial charge in [-0.3, -0.25) is 4.79 Å². The van der Waals surface area contributed by atoms with Crippen molar-refractivity contribution in [3.63, 3.8) is 0 Å². The third kappa shape index (κ3) is 5.36. The van der Waals surface area contributed by atoms with E-state index in [4.69, 9.17) is 4.74 Å². The van der Waals surface area contributed by atoms with E-state index in [0.29, 0.717) is 19.1 Å². The van der Waals surface area contributed by atoms with E-state index in [1.807, 2.05) is 25.1 Å². The number of ether oxygens (including phenoxy) is 1. The molecule has 1 fully saturated rings. The maximum absolute atomic E-state index is 13.1. The Bertz CT molecular complexity index is 1040. The maximum atomic E-state index is 13.1. The summed E-state index contributed by atoms with van der Waals surface area (Å²) in [6.45, 7) is 5.31. The number of benzene rings is 2. The highest BCUT2D eigenvalue weighted by Crippen LogP contribution is 2.33. The van der Waals surface area contributed by atoms with Crippen molar-refractivity contribution in [1.29, 1.82) is 0 Å². The molecule has 0 saturated carbocycles. The fourth-order valence-corrected chi connectivity index (χ4v) is 5.16. The predicted octanol–water partition coefficient (Wildman–Crippen LogP) is 5.53. The summed E-state index contributed by atoms with van der Waals surface area (Å²) < 4.78 is 21.6. The minimum absolute atomic E-state index is 0.181. The first-order valence-electron chi connectivity index (χ1n) is 10.9. The first-order valence-corrected chi connectivity index (χ1v) is 11.7. The topological polar surface area (TPSA) is 34.5 Å². The Hall–Kier alpha value is -2.18. The molecule has 1 aliphatic heterocycles. The second-order valence-electron chi connectivity index (χ2n) is 8.16. The lowest BCUT2D eigenvalue weighted by Crippen LogP contribution is -2.36. The average molecular weight is 487 g/mol. The number of halogens is 2. The van der Waals surface area contributed by atoms with Crippen LogP contribution in [0.5, 0.6) is 0 Å². The first-order chi connectivity index (χ1) is 15.0. The minimum Gasteiger partial charge on any atom is -0.466 e. The van der Waals surface area contributed by atoms with Crippen LogP contribution in [0.2, 0.25) is 0 Å². The van der Waals surface area contributed by atoms with E-state index in [-0.39, 0.29) is 11.8 Å². The largest absolute Gasteiger partial charge is 0.466 e. The van der Waals surface area contributed by atoms with Gasteiger partial charge in [0, 0.05) is 36.6 Å². The summed E-state index contributed by atoms with van der Waals surface area (Å²) in [5, 5.41) is 1.18. The smallest absolute Gasteiger partial charge is 0.310 e. The lowest BCUT2D eigenvalue weighted by molar-refractivity contribution is -0.142. The monoisotopic (exact) mass is 486 g/mol. The molecule has 2 heterocycles. The quantitative estimate of drug-likeness (QED) is 0.411. The Labute approximate surface area is 191 Å². The normalized spacial score (nSPS) is 15.5. The Morgan fingerprint density at radius 1 is 1.10 bits per heavy atom. The second kappa shape index (κ2) is 9.96. The van der Waals surface area contributed by atoms with Gasteiger partial charge < -0.3 is 14.2 Å². The van der Waals surface area contributed by atoms with Gasteiger partial charge in [0.05, 0.1) is 17.6 Å². The van der Waals surface area contributed by atoms with Crippen LogP contribution in [0.1, 0.15) is 36.9 Å². The summed E-state index contributed by atoms with van der Waals surface area (Å²) in [7, 11) is 0. The van der Waals surface area contributed by atoms with E-state index in [1.165, 1.54) is 28.6 Å². The van der Waals surface area contributed by atoms with E-state index in [0.717, 1.165) is 49.1 Å². The minimum atomic E-state index is -0.187. The summed E-state index contributed by atoms with van der Waals surface area (Å²) in [5.74, 6) is -0.368. The average Bonchev–Trinajstić information content (AvgIpc) is 3.09. The van der Waals surface area contributed by atoms with Gasteiger partial charge in [-0.25, -0.2) is 4.39 Å². The molecule has 0 bridgehead atoms. The second-order valence-corrected chi connectivity index (χ2v) is 8.97. The number of hydrogen-bond acceptors (Lipinski definition) is 3. The van der Waals surface area contributed by atoms with Crippen molar-refractivity contribution >= 4 is 32.8 Å². The Kier molecular flexibility index (Phi) is 7.08. The Morgan fingerprint density at radius 3 is 2.52 bits per heavy atom. The highest BCUT2D eigenvalue weighted by Gasteiger charge is 2.23. The molecule has 1 aliphatic rings. The number of esters is 1. The standard InChI is InChI=1S/C25H28BrFN2O2/c1-2-31-25(30)16-19-3-6-20-17-24(26)29(23(20)15-19)22-10-13-28(14-11-22)12-9-18-4-7-21(27)8-5-18/h3-8,15,17,22H,2,9-14,16H2,1H3. The highest BCUT2D eigenvalue weighted by molar-refractivity contribution is 9.10. The summed E-state index contributed by atoms with van der Waals surface area (Å²) >= 11 is 3.75. The predicted molar refractivity (Wildman–Crippen MR) is 125 cm³/mol. The molecule has 0 unspecified atom stereocenters. The number of rotatable bonds is 7. The van der Waals surface area contributed by atoms with Crippen molar-refractivity contribution in [2.24, 2.45) is 0 Å². The summed E-state index contributed by atoms with van der Waals surface area (Å²) in [6.07, 6.45) is 3.40. The van der Waals surface area contributed by atoms with Crippen molar-refractivity contribution < 1.29 is 13.9 Å². The molecule has 0 atom stereocenters. The van der Waals surface area contributed by atoms with Crippen molar-refractivity contribution in [1.82, 2.24) is 9.47 Å². The van der Waals surface area contributed by atoms with Gasteiger partial charge in [0.15, 0.2) is 0 Å². The van der Waals surface area contributed by atoms with E-state index in [1.54, 1.807) is 0 Å². The summed E-state index contributed by atoms with van der Waals surface area (Å²) in [5.41, 5.74) is 3.32. The molecule has 3 aromatic rings. The van der Waals surface area contributed by atoms with Gasteiger partial charge in [-0.2, -0.15) is 0 Å². The number of hydrogen-bond donors (Lipinski definition) is 0. The number of nitrogens with zero attached hydrogens (tertiary/aromatic N) is 2. The van der Waals surface area contributed by atoms with Crippen molar-refractivity contribution in [3.8, 4) is 0 Å². The van der Waals surface area contributed by atoms with Crippen LogP contribution in [-0.2, 0) is 22.4 Å². The molecule has 0 amide bonds. The van der Waals surface area contributed by atoms with E-state index >= 15 is 0 Å². The van der Waals surface area contributed by atoms with Gasteiger partial charge in [-0.15, -0.1) is 0 Å². The van der Waals surface area contributed by atoms with Gasteiger partial charge in [-0.1, -0.05) is 24.3 Å². The van der Waals surface area contributed by atoms with Crippen molar-refractivity contribution in [3.05, 3.63) is 70.1 Å². The van der Waals surface area contributed by atoms with E-state index in [2.05, 4.69) is 43.6 Å². The molecule has 164 valence electrons. The van der Waals surface area contributed by atoms with Gasteiger partial charge in [0.25, 0.3) is 0 Å². The summed E-state index contributed by atoms with van der Waals surface area (Å²) in [6, 6.07) is 15.6. The molecule has 4 nitrogen and oxygen atoms in total. The van der Waals surface area contributed by atoms with Crippen LogP contribution in [0.4, 0.5) is 4.39 Å². The van der Waals surface area contributed by atoms with Crippen LogP contribution in [0, 0.1) is 5.82 Å². The van der Waals surface area contributed by atoms with E-state index < -0.39 is 0 Å². The fraction of sp³-hybridized carbons (Fsp3) is 0.400. The van der Waals surface area contributed by atoms with Gasteiger partial charge in [0.1, 0.15) is 5.82 Å². The molecular formula is C25H28BrFN2O2. The Balaban J connectivity index is 1.41. The van der Waals surface area contributed by atoms with Crippen LogP contribution in [-0.4, -0.2) is 41.7 Å². The molecule has 0 N–H and O–H groups in total. The van der Waals surface area contributed by atoms with Gasteiger partial charge >= 0.3 is 5.97 Å².